The number of nitrogens with zero attached hydrogens (tertiary/aromatic N) is 3. The van der Waals surface area contributed by atoms with E-state index in [1.54, 1.807) is 0 Å². The van der Waals surface area contributed by atoms with E-state index < -0.39 is 0 Å². The van der Waals surface area contributed by atoms with Crippen molar-refractivity contribution >= 4 is 5.52 Å². The fraction of sp³-hybridized carbons (Fsp3) is 0.217. The summed E-state index contributed by atoms with van der Waals surface area (Å²) >= 11 is 0. The average Bonchev–Trinajstić information content (AvgIpc) is 3.06. The minimum atomic E-state index is 0.559. The van der Waals surface area contributed by atoms with Crippen LogP contribution in [0.1, 0.15) is 36.6 Å². The molecule has 2 aromatic heterocycles. The van der Waals surface area contributed by atoms with Crippen molar-refractivity contribution in [1.29, 1.82) is 0 Å². The van der Waals surface area contributed by atoms with Crippen molar-refractivity contribution in [3.05, 3.63) is 84.6 Å². The van der Waals surface area contributed by atoms with Crippen LogP contribution in [-0.2, 0) is 6.61 Å². The highest BCUT2D eigenvalue weighted by Gasteiger charge is 2.25. The third-order valence-electron chi connectivity index (χ3n) is 5.30. The minimum absolute atomic E-state index is 0.559. The Labute approximate surface area is 158 Å². The molecule has 134 valence electrons. The molecule has 2 heterocycles. The van der Waals surface area contributed by atoms with Crippen molar-refractivity contribution in [3.8, 4) is 17.0 Å². The van der Waals surface area contributed by atoms with E-state index >= 15 is 0 Å². The quantitative estimate of drug-likeness (QED) is 0.491. The van der Waals surface area contributed by atoms with Gasteiger partial charge in [-0.3, -0.25) is 9.38 Å². The molecule has 4 heteroatoms. The molecule has 0 unspecified atom stereocenters. The summed E-state index contributed by atoms with van der Waals surface area (Å²) in [5.41, 5.74) is 4.26. The molecule has 1 aliphatic rings. The van der Waals surface area contributed by atoms with Crippen molar-refractivity contribution in [2.45, 2.75) is 31.8 Å². The predicted octanol–water partition coefficient (Wildman–Crippen LogP) is 5.24. The molecular weight excluding hydrogens is 334 g/mol. The molecule has 0 aliphatic heterocycles. The lowest BCUT2D eigenvalue weighted by molar-refractivity contribution is 0.306. The lowest BCUT2D eigenvalue weighted by Crippen LogP contribution is -2.12. The molecule has 1 fully saturated rings. The fourth-order valence-electron chi connectivity index (χ4n) is 3.60. The first-order valence-electron chi connectivity index (χ1n) is 9.47. The third kappa shape index (κ3) is 3.08. The van der Waals surface area contributed by atoms with Gasteiger partial charge in [0.05, 0.1) is 17.4 Å². The molecule has 0 radical (unpaired) electrons. The van der Waals surface area contributed by atoms with Gasteiger partial charge in [0.1, 0.15) is 18.2 Å². The molecular formula is C23H21N3O. The molecule has 1 saturated carbocycles. The molecule has 27 heavy (non-hydrogen) atoms. The van der Waals surface area contributed by atoms with Crippen molar-refractivity contribution in [3.63, 3.8) is 0 Å². The van der Waals surface area contributed by atoms with Crippen LogP contribution < -0.4 is 4.74 Å². The van der Waals surface area contributed by atoms with Crippen LogP contribution in [0.5, 0.6) is 5.75 Å². The first-order chi connectivity index (χ1) is 13.4. The summed E-state index contributed by atoms with van der Waals surface area (Å²) < 4.78 is 8.20. The van der Waals surface area contributed by atoms with Gasteiger partial charge in [-0.15, -0.1) is 0 Å². The van der Waals surface area contributed by atoms with Crippen LogP contribution >= 0.6 is 0 Å². The van der Waals surface area contributed by atoms with E-state index in [9.17, 15) is 0 Å². The van der Waals surface area contributed by atoms with E-state index in [1.165, 1.54) is 19.3 Å². The number of rotatable bonds is 5. The van der Waals surface area contributed by atoms with E-state index in [1.807, 2.05) is 48.9 Å². The molecule has 0 saturated heterocycles. The Morgan fingerprint density at radius 3 is 2.74 bits per heavy atom. The number of aromatic nitrogens is 3. The maximum absolute atomic E-state index is 6.00. The lowest BCUT2D eigenvalue weighted by Gasteiger charge is -2.23. The van der Waals surface area contributed by atoms with Gasteiger partial charge in [-0.1, -0.05) is 48.9 Å². The Kier molecular flexibility index (Phi) is 4.09. The van der Waals surface area contributed by atoms with E-state index in [0.29, 0.717) is 12.5 Å². The Morgan fingerprint density at radius 1 is 1.04 bits per heavy atom. The van der Waals surface area contributed by atoms with Crippen LogP contribution in [0, 0.1) is 0 Å². The van der Waals surface area contributed by atoms with Gasteiger partial charge in [0.25, 0.3) is 0 Å². The van der Waals surface area contributed by atoms with Gasteiger partial charge in [-0.25, -0.2) is 4.98 Å². The van der Waals surface area contributed by atoms with Gasteiger partial charge in [-0.05, 0) is 30.5 Å². The fourth-order valence-corrected chi connectivity index (χ4v) is 3.60. The second kappa shape index (κ2) is 6.88. The van der Waals surface area contributed by atoms with Crippen LogP contribution in [0.2, 0.25) is 0 Å². The standard InChI is InChI=1S/C23H21N3O/c1-2-6-17(7-3-1)16-27-20-11-5-10-19(14-20)22-21-15-24-12-13-26(21)23(25-22)18-8-4-9-18/h1-3,5-7,10-15,18H,4,8-9,16H2. The molecule has 2 aromatic carbocycles. The van der Waals surface area contributed by atoms with Crippen molar-refractivity contribution in [1.82, 2.24) is 14.4 Å². The van der Waals surface area contributed by atoms with Crippen LogP contribution in [-0.4, -0.2) is 14.4 Å². The summed E-state index contributed by atoms with van der Waals surface area (Å²) in [5, 5.41) is 0. The summed E-state index contributed by atoms with van der Waals surface area (Å²) in [6.07, 6.45) is 9.50. The topological polar surface area (TPSA) is 39.4 Å². The number of fused-ring (bicyclic) bond motifs is 1. The maximum Gasteiger partial charge on any atom is 0.120 e. The molecule has 0 spiro atoms. The summed E-state index contributed by atoms with van der Waals surface area (Å²) in [6, 6.07) is 18.4. The van der Waals surface area contributed by atoms with Crippen LogP contribution in [0.3, 0.4) is 0 Å². The van der Waals surface area contributed by atoms with Gasteiger partial charge in [0.2, 0.25) is 0 Å². The lowest BCUT2D eigenvalue weighted by atomic mass is 9.85. The van der Waals surface area contributed by atoms with Crippen LogP contribution in [0.4, 0.5) is 0 Å². The average molecular weight is 355 g/mol. The Balaban J connectivity index is 1.48. The summed E-state index contributed by atoms with van der Waals surface area (Å²) in [6.45, 7) is 0.559. The van der Waals surface area contributed by atoms with Gasteiger partial charge in [-0.2, -0.15) is 0 Å². The van der Waals surface area contributed by atoms with E-state index in [4.69, 9.17) is 9.72 Å². The summed E-state index contributed by atoms with van der Waals surface area (Å²) in [4.78, 5) is 9.33. The first-order valence-corrected chi connectivity index (χ1v) is 9.47. The van der Waals surface area contributed by atoms with Crippen molar-refractivity contribution in [2.24, 2.45) is 0 Å². The number of imidazole rings is 1. The molecule has 0 amide bonds. The molecule has 5 rings (SSSR count). The minimum Gasteiger partial charge on any atom is -0.489 e. The second-order valence-corrected chi connectivity index (χ2v) is 7.08. The SMILES string of the molecule is c1ccc(COc2cccc(-c3nc(C4CCC4)n4ccncc34)c2)cc1. The molecule has 0 N–H and O–H groups in total. The largest absolute Gasteiger partial charge is 0.489 e. The summed E-state index contributed by atoms with van der Waals surface area (Å²) in [5.74, 6) is 2.57. The van der Waals surface area contributed by atoms with Crippen molar-refractivity contribution < 1.29 is 4.74 Å². The Morgan fingerprint density at radius 2 is 1.93 bits per heavy atom. The number of benzene rings is 2. The highest BCUT2D eigenvalue weighted by atomic mass is 16.5. The second-order valence-electron chi connectivity index (χ2n) is 7.08. The number of hydrogen-bond acceptors (Lipinski definition) is 3. The monoisotopic (exact) mass is 355 g/mol. The molecule has 4 aromatic rings. The normalized spacial score (nSPS) is 14.2. The van der Waals surface area contributed by atoms with Crippen LogP contribution in [0.25, 0.3) is 16.8 Å². The van der Waals surface area contributed by atoms with Crippen molar-refractivity contribution in [2.75, 3.05) is 0 Å². The number of hydrogen-bond donors (Lipinski definition) is 0. The van der Waals surface area contributed by atoms with Crippen LogP contribution in [0.15, 0.2) is 73.2 Å². The van der Waals surface area contributed by atoms with E-state index in [0.717, 1.165) is 33.9 Å². The maximum atomic E-state index is 6.00. The zero-order chi connectivity index (χ0) is 18.1. The van der Waals surface area contributed by atoms with Gasteiger partial charge < -0.3 is 4.74 Å². The molecule has 0 bridgehead atoms. The predicted molar refractivity (Wildman–Crippen MR) is 106 cm³/mol. The molecule has 4 nitrogen and oxygen atoms in total. The highest BCUT2D eigenvalue weighted by Crippen LogP contribution is 2.38. The molecule has 0 atom stereocenters. The summed E-state index contributed by atoms with van der Waals surface area (Å²) in [7, 11) is 0. The first kappa shape index (κ1) is 16.1. The zero-order valence-corrected chi connectivity index (χ0v) is 15.1. The smallest absolute Gasteiger partial charge is 0.120 e. The Bertz CT molecular complexity index is 1070. The van der Waals surface area contributed by atoms with Gasteiger partial charge in [0.15, 0.2) is 0 Å². The van der Waals surface area contributed by atoms with Gasteiger partial charge in [0, 0.05) is 23.9 Å². The van der Waals surface area contributed by atoms with Gasteiger partial charge >= 0.3 is 0 Å². The Hall–Kier alpha value is -3.14. The van der Waals surface area contributed by atoms with E-state index in [-0.39, 0.29) is 0 Å². The molecule has 1 aliphatic carbocycles. The number of ether oxygens (including phenoxy) is 1. The third-order valence-corrected chi connectivity index (χ3v) is 5.30. The highest BCUT2D eigenvalue weighted by molar-refractivity contribution is 5.78. The van der Waals surface area contributed by atoms with E-state index in [2.05, 4.69) is 33.7 Å². The zero-order valence-electron chi connectivity index (χ0n) is 15.1.